The highest BCUT2D eigenvalue weighted by molar-refractivity contribution is 5.96. The van der Waals surface area contributed by atoms with Crippen LogP contribution in [0.3, 0.4) is 0 Å². The lowest BCUT2D eigenvalue weighted by atomic mass is 10.1. The fraction of sp³-hybridized carbons (Fsp3) is 0.231. The average molecular weight is 234 g/mol. The van der Waals surface area contributed by atoms with E-state index in [4.69, 9.17) is 16.6 Å². The number of fused-ring (bicyclic) bond motifs is 1. The van der Waals surface area contributed by atoms with Gasteiger partial charge >= 0.3 is 0 Å². The van der Waals surface area contributed by atoms with Crippen molar-refractivity contribution in [2.75, 3.05) is 18.9 Å². The molecule has 2 rings (SSSR count). The number of benzene rings is 2. The van der Waals surface area contributed by atoms with Crippen LogP contribution in [0.15, 0.2) is 36.4 Å². The first-order chi connectivity index (χ1) is 8.20. The van der Waals surface area contributed by atoms with Crippen molar-refractivity contribution in [1.82, 2.24) is 0 Å². The molecule has 0 radical (unpaired) electrons. The molecule has 6 N–H and O–H groups in total. The Balaban J connectivity index is 0.000000249. The molecule has 0 atom stereocenters. The second-order valence-corrected chi connectivity index (χ2v) is 3.59. The molecule has 0 unspecified atom stereocenters. The van der Waals surface area contributed by atoms with E-state index in [0.717, 1.165) is 17.2 Å². The van der Waals surface area contributed by atoms with E-state index in [-0.39, 0.29) is 12.4 Å². The van der Waals surface area contributed by atoms with Crippen LogP contribution in [0.2, 0.25) is 0 Å². The van der Waals surface area contributed by atoms with Crippen molar-refractivity contribution in [3.63, 3.8) is 0 Å². The van der Waals surface area contributed by atoms with Crippen molar-refractivity contribution in [3.05, 3.63) is 36.4 Å². The largest absolute Gasteiger partial charge is 0.507 e. The minimum absolute atomic E-state index is 0.219. The van der Waals surface area contributed by atoms with Crippen molar-refractivity contribution in [3.8, 4) is 5.75 Å². The van der Waals surface area contributed by atoms with Gasteiger partial charge < -0.3 is 21.7 Å². The topological polar surface area (TPSA) is 92.5 Å². The normalized spacial score (nSPS) is 9.76. The Morgan fingerprint density at radius 2 is 1.65 bits per heavy atom. The highest BCUT2D eigenvalue weighted by Crippen LogP contribution is 2.27. The van der Waals surface area contributed by atoms with Gasteiger partial charge in [0.15, 0.2) is 0 Å². The number of anilines is 1. The number of aromatic hydroxyl groups is 1. The Hall–Kier alpha value is -1.78. The second-order valence-electron chi connectivity index (χ2n) is 3.59. The molecular weight excluding hydrogens is 216 g/mol. The molecule has 17 heavy (non-hydrogen) atoms. The van der Waals surface area contributed by atoms with Crippen molar-refractivity contribution in [2.45, 2.75) is 6.42 Å². The van der Waals surface area contributed by atoms with Gasteiger partial charge in [0.05, 0.1) is 0 Å². The number of phenolic OH excluding ortho intramolecular Hbond substituents is 1. The maximum Gasteiger partial charge on any atom is 0.123 e. The first-order valence-electron chi connectivity index (χ1n) is 5.47. The zero-order valence-corrected chi connectivity index (χ0v) is 9.63. The van der Waals surface area contributed by atoms with Crippen LogP contribution in [0.1, 0.15) is 6.42 Å². The summed E-state index contributed by atoms with van der Waals surface area (Å²) in [6.07, 6.45) is 0.722. The lowest BCUT2D eigenvalue weighted by Crippen LogP contribution is -1.99. The summed E-state index contributed by atoms with van der Waals surface area (Å²) < 4.78 is 0. The lowest BCUT2D eigenvalue weighted by molar-refractivity contribution is 0.291. The molecule has 0 amide bonds. The number of hydrogen-bond acceptors (Lipinski definition) is 4. The van der Waals surface area contributed by atoms with E-state index < -0.39 is 0 Å². The Morgan fingerprint density at radius 3 is 2.18 bits per heavy atom. The predicted octanol–water partition coefficient (Wildman–Crippen LogP) is 1.46. The van der Waals surface area contributed by atoms with Crippen LogP contribution in [-0.2, 0) is 0 Å². The molecular formula is C13H18N2O2. The van der Waals surface area contributed by atoms with Crippen molar-refractivity contribution < 1.29 is 10.2 Å². The van der Waals surface area contributed by atoms with Crippen LogP contribution >= 0.6 is 0 Å². The van der Waals surface area contributed by atoms with Gasteiger partial charge in [-0.3, -0.25) is 0 Å². The third kappa shape index (κ3) is 3.62. The molecule has 0 saturated heterocycles. The van der Waals surface area contributed by atoms with Gasteiger partial charge in [-0.05, 0) is 25.1 Å². The number of rotatable bonds is 2. The van der Waals surface area contributed by atoms with Gasteiger partial charge in [-0.2, -0.15) is 0 Å². The van der Waals surface area contributed by atoms with Crippen molar-refractivity contribution >= 4 is 16.5 Å². The number of hydrogen-bond donors (Lipinski definition) is 4. The average Bonchev–Trinajstić information content (AvgIpc) is 2.33. The van der Waals surface area contributed by atoms with Crippen LogP contribution in [0, 0.1) is 0 Å². The van der Waals surface area contributed by atoms with Crippen LogP contribution in [0.25, 0.3) is 10.8 Å². The summed E-state index contributed by atoms with van der Waals surface area (Å²) in [6, 6.07) is 10.8. The summed E-state index contributed by atoms with van der Waals surface area (Å²) in [7, 11) is 0. The van der Waals surface area contributed by atoms with E-state index in [2.05, 4.69) is 0 Å². The summed E-state index contributed by atoms with van der Waals surface area (Å²) >= 11 is 0. The molecule has 0 saturated carbocycles. The summed E-state index contributed by atoms with van der Waals surface area (Å²) in [5.41, 5.74) is 11.4. The highest BCUT2D eigenvalue weighted by atomic mass is 16.3. The Morgan fingerprint density at radius 1 is 1.00 bits per heavy atom. The molecule has 0 spiro atoms. The molecule has 4 nitrogen and oxygen atoms in total. The van der Waals surface area contributed by atoms with Crippen molar-refractivity contribution in [1.29, 1.82) is 0 Å². The number of aliphatic hydroxyl groups is 1. The predicted molar refractivity (Wildman–Crippen MR) is 70.8 cm³/mol. The van der Waals surface area contributed by atoms with E-state index in [1.807, 2.05) is 24.3 Å². The summed E-state index contributed by atoms with van der Waals surface area (Å²) in [6.45, 7) is 0.812. The molecule has 0 aliphatic rings. The highest BCUT2D eigenvalue weighted by Gasteiger charge is 1.99. The Bertz CT molecular complexity index is 429. The first kappa shape index (κ1) is 13.3. The van der Waals surface area contributed by atoms with E-state index in [0.29, 0.717) is 12.2 Å². The lowest BCUT2D eigenvalue weighted by Gasteiger charge is -2.02. The zero-order chi connectivity index (χ0) is 12.7. The molecule has 0 aliphatic carbocycles. The smallest absolute Gasteiger partial charge is 0.123 e. The summed E-state index contributed by atoms with van der Waals surface area (Å²) in [5, 5.41) is 19.1. The first-order valence-corrected chi connectivity index (χ1v) is 5.47. The quantitative estimate of drug-likeness (QED) is 0.592. The van der Waals surface area contributed by atoms with Crippen molar-refractivity contribution in [2.24, 2.45) is 5.73 Å². The molecule has 0 aliphatic heterocycles. The van der Waals surface area contributed by atoms with E-state index in [9.17, 15) is 5.11 Å². The Labute approximate surface area is 100 Å². The number of nitrogen functional groups attached to an aromatic ring is 1. The van der Waals surface area contributed by atoms with E-state index in [1.54, 1.807) is 12.1 Å². The zero-order valence-electron chi connectivity index (χ0n) is 9.63. The maximum atomic E-state index is 9.44. The van der Waals surface area contributed by atoms with Gasteiger partial charge in [0.25, 0.3) is 0 Å². The molecule has 92 valence electrons. The van der Waals surface area contributed by atoms with Gasteiger partial charge in [0.2, 0.25) is 0 Å². The van der Waals surface area contributed by atoms with E-state index in [1.165, 1.54) is 0 Å². The molecule has 2 aromatic carbocycles. The monoisotopic (exact) mass is 234 g/mol. The van der Waals surface area contributed by atoms with Crippen LogP contribution in [-0.4, -0.2) is 23.4 Å². The third-order valence-corrected chi connectivity index (χ3v) is 2.30. The minimum Gasteiger partial charge on any atom is -0.507 e. The van der Waals surface area contributed by atoms with Crippen LogP contribution < -0.4 is 11.5 Å². The molecule has 0 aromatic heterocycles. The second kappa shape index (κ2) is 6.73. The standard InChI is InChI=1S/C10H9NO.C3H9NO/c11-9-5-1-4-8-7(9)3-2-6-10(8)12;4-2-1-3-5/h1-6,12H,11H2;5H,1-4H2. The molecule has 0 bridgehead atoms. The third-order valence-electron chi connectivity index (χ3n) is 2.30. The molecule has 4 heteroatoms. The van der Waals surface area contributed by atoms with Gasteiger partial charge in [0.1, 0.15) is 5.75 Å². The SMILES string of the molecule is NCCCO.Nc1cccc2c(O)cccc12. The van der Waals surface area contributed by atoms with Gasteiger partial charge in [-0.1, -0.05) is 24.3 Å². The molecule has 2 aromatic rings. The van der Waals surface area contributed by atoms with E-state index >= 15 is 0 Å². The minimum atomic E-state index is 0.219. The summed E-state index contributed by atoms with van der Waals surface area (Å²) in [4.78, 5) is 0. The van der Waals surface area contributed by atoms with Crippen LogP contribution in [0.5, 0.6) is 5.75 Å². The fourth-order valence-electron chi connectivity index (χ4n) is 1.41. The number of aliphatic hydroxyl groups excluding tert-OH is 1. The summed E-state index contributed by atoms with van der Waals surface area (Å²) in [5.74, 6) is 0.278. The Kier molecular flexibility index (Phi) is 5.26. The number of phenols is 1. The molecule has 0 fully saturated rings. The number of nitrogens with two attached hydrogens (primary N) is 2. The van der Waals surface area contributed by atoms with Gasteiger partial charge in [-0.25, -0.2) is 0 Å². The maximum absolute atomic E-state index is 9.44. The van der Waals surface area contributed by atoms with Gasteiger partial charge in [-0.15, -0.1) is 0 Å². The fourth-order valence-corrected chi connectivity index (χ4v) is 1.41. The van der Waals surface area contributed by atoms with Gasteiger partial charge in [0, 0.05) is 23.1 Å². The van der Waals surface area contributed by atoms with Crippen LogP contribution in [0.4, 0.5) is 5.69 Å². The molecule has 0 heterocycles.